The van der Waals surface area contributed by atoms with E-state index in [0.717, 1.165) is 50.1 Å². The molecule has 67 heavy (non-hydrogen) atoms. The third-order valence-corrected chi connectivity index (χ3v) is 14.1. The minimum Gasteiger partial charge on any atom is -0.208 e. The maximum Gasteiger partial charge on any atom is 0.164 e. The second kappa shape index (κ2) is 17.2. The van der Waals surface area contributed by atoms with E-state index in [9.17, 15) is 0 Å². The molecule has 0 fully saturated rings. The fourth-order valence-corrected chi connectivity index (χ4v) is 10.8. The van der Waals surface area contributed by atoms with Gasteiger partial charge in [-0.2, -0.15) is 0 Å². The highest BCUT2D eigenvalue weighted by atomic mass is 32.1. The van der Waals surface area contributed by atoms with Gasteiger partial charge < -0.3 is 0 Å². The van der Waals surface area contributed by atoms with Gasteiger partial charge >= 0.3 is 0 Å². The molecule has 0 saturated carbocycles. The summed E-state index contributed by atoms with van der Waals surface area (Å²) in [6.45, 7) is 2.20. The normalized spacial score (nSPS) is 13.6. The van der Waals surface area contributed by atoms with Crippen LogP contribution in [0.1, 0.15) is 12.5 Å². The van der Waals surface area contributed by atoms with Crippen LogP contribution in [0.15, 0.2) is 237 Å². The van der Waals surface area contributed by atoms with Crippen LogP contribution < -0.4 is 0 Å². The molecule has 4 heteroatoms. The van der Waals surface area contributed by atoms with Crippen molar-refractivity contribution in [1.82, 2.24) is 15.0 Å². The number of hydrogen-bond donors (Lipinski definition) is 0. The molecule has 0 N–H and O–H groups in total. The highest BCUT2D eigenvalue weighted by Gasteiger charge is 2.20. The molecule has 12 rings (SSSR count). The lowest BCUT2D eigenvalue weighted by atomic mass is 9.90. The molecule has 0 aliphatic heterocycles. The first-order valence-corrected chi connectivity index (χ1v) is 23.7. The van der Waals surface area contributed by atoms with Crippen molar-refractivity contribution >= 4 is 47.9 Å². The van der Waals surface area contributed by atoms with Gasteiger partial charge in [0.15, 0.2) is 17.5 Å². The van der Waals surface area contributed by atoms with Gasteiger partial charge in [-0.25, -0.2) is 15.0 Å². The fourth-order valence-electron chi connectivity index (χ4n) is 9.57. The number of fused-ring (bicyclic) bond motifs is 4. The highest BCUT2D eigenvalue weighted by molar-refractivity contribution is 7.26. The number of rotatable bonds is 8. The first-order valence-electron chi connectivity index (χ1n) is 22.8. The average Bonchev–Trinajstić information content (AvgIpc) is 3.65. The quantitative estimate of drug-likeness (QED) is 0.153. The van der Waals surface area contributed by atoms with Gasteiger partial charge in [-0.1, -0.05) is 225 Å². The van der Waals surface area contributed by atoms with E-state index in [-0.39, 0.29) is 0 Å². The van der Waals surface area contributed by atoms with Crippen molar-refractivity contribution < 1.29 is 0 Å². The number of aromatic nitrogens is 3. The van der Waals surface area contributed by atoms with Crippen molar-refractivity contribution in [1.29, 1.82) is 0 Å². The second-order valence-corrected chi connectivity index (χ2v) is 18.2. The summed E-state index contributed by atoms with van der Waals surface area (Å²) in [4.78, 5) is 15.9. The van der Waals surface area contributed by atoms with Crippen molar-refractivity contribution in [3.63, 3.8) is 0 Å². The molecule has 2 aromatic heterocycles. The Morgan fingerprint density at radius 3 is 1.57 bits per heavy atom. The van der Waals surface area contributed by atoms with Gasteiger partial charge in [-0.3, -0.25) is 0 Å². The van der Waals surface area contributed by atoms with E-state index < -0.39 is 0 Å². The van der Waals surface area contributed by atoms with Gasteiger partial charge in [0.1, 0.15) is 0 Å². The predicted molar refractivity (Wildman–Crippen MR) is 284 cm³/mol. The van der Waals surface area contributed by atoms with Crippen molar-refractivity contribution in [3.8, 4) is 78.7 Å². The Labute approximate surface area is 394 Å². The molecule has 0 saturated heterocycles. The molecule has 1 atom stereocenters. The van der Waals surface area contributed by atoms with Crippen molar-refractivity contribution in [2.24, 2.45) is 5.92 Å². The van der Waals surface area contributed by atoms with Crippen LogP contribution in [-0.4, -0.2) is 15.0 Å². The van der Waals surface area contributed by atoms with E-state index in [1.165, 1.54) is 53.2 Å². The van der Waals surface area contributed by atoms with E-state index in [2.05, 4.69) is 237 Å². The second-order valence-electron chi connectivity index (χ2n) is 17.1. The molecule has 0 spiro atoms. The molecule has 316 valence electrons. The molecule has 0 bridgehead atoms. The van der Waals surface area contributed by atoms with E-state index in [1.54, 1.807) is 0 Å². The monoisotopic (exact) mass is 873 g/mol. The lowest BCUT2D eigenvalue weighted by Gasteiger charge is -2.15. The first kappa shape index (κ1) is 40.2. The number of benzene rings is 9. The fraction of sp³-hybridized carbons (Fsp3) is 0.0317. The third-order valence-electron chi connectivity index (χ3n) is 12.9. The smallest absolute Gasteiger partial charge is 0.164 e. The molecular weight excluding hydrogens is 831 g/mol. The lowest BCUT2D eigenvalue weighted by Crippen LogP contribution is -2.02. The van der Waals surface area contributed by atoms with Crippen molar-refractivity contribution in [2.75, 3.05) is 0 Å². The molecule has 3 nitrogen and oxygen atoms in total. The van der Waals surface area contributed by atoms with Crippen LogP contribution in [0.3, 0.4) is 0 Å². The zero-order valence-electron chi connectivity index (χ0n) is 36.8. The zero-order chi connectivity index (χ0) is 44.7. The standard InChI is InChI=1S/C63H43N3S/c1-41-17-13-20-43(36-35-41)49-26-6-10-31-58(49)63-65-61(64-62(66-63)57-30-9-5-25-48(57)42-18-3-2-4-19-42)47-24-15-22-45(40-47)51-38-37-50(53-27-7-8-28-54(51)53)44-21-14-23-46(39-44)52-32-16-33-56-55-29-11-12-34-59(55)67-60(52)56/h2-41H,1H3/t41-/m1/s1. The molecule has 1 aliphatic rings. The zero-order valence-corrected chi connectivity index (χ0v) is 37.7. The van der Waals surface area contributed by atoms with Gasteiger partial charge in [-0.05, 0) is 90.5 Å². The molecule has 1 aliphatic carbocycles. The minimum absolute atomic E-state index is 0.344. The average molecular weight is 874 g/mol. The summed E-state index contributed by atoms with van der Waals surface area (Å²) >= 11 is 1.87. The van der Waals surface area contributed by atoms with Crippen LogP contribution in [0.25, 0.3) is 115 Å². The first-order chi connectivity index (χ1) is 33.1. The van der Waals surface area contributed by atoms with Gasteiger partial charge in [0.2, 0.25) is 0 Å². The third kappa shape index (κ3) is 7.57. The molecular formula is C63H43N3S. The Morgan fingerprint density at radius 1 is 0.358 bits per heavy atom. The Balaban J connectivity index is 0.978. The maximum absolute atomic E-state index is 5.32. The molecule has 2 heterocycles. The summed E-state index contributed by atoms with van der Waals surface area (Å²) in [5, 5.41) is 5.01. The Kier molecular flexibility index (Phi) is 10.4. The summed E-state index contributed by atoms with van der Waals surface area (Å²) in [6.07, 6.45) is 11.0. The predicted octanol–water partition coefficient (Wildman–Crippen LogP) is 17.2. The Hall–Kier alpha value is -8.31. The van der Waals surface area contributed by atoms with Gasteiger partial charge in [0.25, 0.3) is 0 Å². The molecule has 9 aromatic carbocycles. The van der Waals surface area contributed by atoms with E-state index in [4.69, 9.17) is 15.0 Å². The summed E-state index contributed by atoms with van der Waals surface area (Å²) in [6, 6.07) is 73.7. The number of allylic oxidation sites excluding steroid dienone is 6. The highest BCUT2D eigenvalue weighted by Crippen LogP contribution is 2.43. The summed E-state index contributed by atoms with van der Waals surface area (Å²) in [7, 11) is 0. The van der Waals surface area contributed by atoms with Crippen LogP contribution in [0.5, 0.6) is 0 Å². The van der Waals surface area contributed by atoms with Gasteiger partial charge in [-0.15, -0.1) is 11.3 Å². The summed E-state index contributed by atoms with van der Waals surface area (Å²) < 4.78 is 2.64. The summed E-state index contributed by atoms with van der Waals surface area (Å²) in [5.74, 6) is 2.21. The lowest BCUT2D eigenvalue weighted by molar-refractivity contribution is 0.943. The van der Waals surface area contributed by atoms with Gasteiger partial charge in [0.05, 0.1) is 0 Å². The summed E-state index contributed by atoms with van der Waals surface area (Å²) in [5.41, 5.74) is 14.3. The maximum atomic E-state index is 5.32. The van der Waals surface area contributed by atoms with Crippen LogP contribution in [0, 0.1) is 5.92 Å². The van der Waals surface area contributed by atoms with Crippen molar-refractivity contribution in [2.45, 2.75) is 6.92 Å². The SMILES string of the molecule is C[C@@H]1C=CC=C(c2ccccc2-c2nc(-c3cccc(-c4ccc(-c5cccc(-c6cccc7c6sc6ccccc67)c5)c5ccccc45)c3)nc(-c3ccccc3-c3ccccc3)n2)C=C1. The molecule has 0 amide bonds. The molecule has 0 radical (unpaired) electrons. The van der Waals surface area contributed by atoms with E-state index >= 15 is 0 Å². The van der Waals surface area contributed by atoms with E-state index in [0.29, 0.717) is 23.4 Å². The minimum atomic E-state index is 0.344. The Bertz CT molecular complexity index is 3780. The van der Waals surface area contributed by atoms with Crippen LogP contribution in [-0.2, 0) is 0 Å². The largest absolute Gasteiger partial charge is 0.208 e. The molecule has 11 aromatic rings. The number of hydrogen-bond acceptors (Lipinski definition) is 4. The number of nitrogens with zero attached hydrogens (tertiary/aromatic N) is 3. The van der Waals surface area contributed by atoms with Crippen LogP contribution >= 0.6 is 11.3 Å². The van der Waals surface area contributed by atoms with Crippen molar-refractivity contribution in [3.05, 3.63) is 242 Å². The Morgan fingerprint density at radius 2 is 0.851 bits per heavy atom. The van der Waals surface area contributed by atoms with E-state index in [1.807, 2.05) is 17.4 Å². The van der Waals surface area contributed by atoms with Crippen LogP contribution in [0.2, 0.25) is 0 Å². The van der Waals surface area contributed by atoms with Gasteiger partial charge in [0, 0.05) is 36.9 Å². The van der Waals surface area contributed by atoms with Crippen LogP contribution in [0.4, 0.5) is 0 Å². The number of thiophene rings is 1. The molecule has 0 unspecified atom stereocenters. The topological polar surface area (TPSA) is 38.7 Å².